The molecule has 2 rings (SSSR count). The molecule has 0 aromatic heterocycles. The zero-order valence-electron chi connectivity index (χ0n) is 9.17. The average Bonchev–Trinajstić information content (AvgIpc) is 2.54. The van der Waals surface area contributed by atoms with Gasteiger partial charge < -0.3 is 4.74 Å². The van der Waals surface area contributed by atoms with Crippen molar-refractivity contribution in [3.63, 3.8) is 0 Å². The van der Waals surface area contributed by atoms with Crippen LogP contribution in [0.25, 0.3) is 0 Å². The first-order valence-corrected chi connectivity index (χ1v) is 6.82. The number of sulfonamides is 1. The molecule has 5 heteroatoms. The molecule has 4 nitrogen and oxygen atoms in total. The molecule has 0 bridgehead atoms. The molecule has 88 valence electrons. The van der Waals surface area contributed by atoms with Crippen molar-refractivity contribution in [1.29, 1.82) is 0 Å². The van der Waals surface area contributed by atoms with E-state index in [0.717, 1.165) is 5.56 Å². The molecule has 1 unspecified atom stereocenters. The molecule has 1 aliphatic heterocycles. The summed E-state index contributed by atoms with van der Waals surface area (Å²) in [5.74, 6) is 0.183. The summed E-state index contributed by atoms with van der Waals surface area (Å²) < 4.78 is 29.8. The highest BCUT2D eigenvalue weighted by Gasteiger charge is 2.34. The van der Waals surface area contributed by atoms with Crippen LogP contribution in [0, 0.1) is 0 Å². The monoisotopic (exact) mass is 241 g/mol. The van der Waals surface area contributed by atoms with Gasteiger partial charge in [0.15, 0.2) is 0 Å². The van der Waals surface area contributed by atoms with Gasteiger partial charge in [0.1, 0.15) is 6.23 Å². The Bertz CT molecular complexity index is 444. The summed E-state index contributed by atoms with van der Waals surface area (Å²) >= 11 is 0. The molecule has 1 saturated heterocycles. The molecular formula is C11H15NO3S. The molecule has 0 spiro atoms. The van der Waals surface area contributed by atoms with Crippen molar-refractivity contribution >= 4 is 10.0 Å². The van der Waals surface area contributed by atoms with Crippen molar-refractivity contribution in [3.05, 3.63) is 35.9 Å². The van der Waals surface area contributed by atoms with Gasteiger partial charge in [0, 0.05) is 13.5 Å². The van der Waals surface area contributed by atoms with Crippen LogP contribution < -0.4 is 0 Å². The molecule has 0 saturated carbocycles. The molecule has 0 amide bonds. The van der Waals surface area contributed by atoms with Gasteiger partial charge in [-0.15, -0.1) is 0 Å². The number of rotatable bonds is 3. The van der Waals surface area contributed by atoms with Crippen molar-refractivity contribution in [1.82, 2.24) is 4.31 Å². The number of ether oxygens (including phenoxy) is 1. The Balaban J connectivity index is 1.93. The summed E-state index contributed by atoms with van der Waals surface area (Å²) in [7, 11) is -1.50. The van der Waals surface area contributed by atoms with Crippen LogP contribution in [0.5, 0.6) is 0 Å². The minimum Gasteiger partial charge on any atom is -0.357 e. The number of hydrogen-bond acceptors (Lipinski definition) is 3. The Morgan fingerprint density at radius 1 is 1.38 bits per heavy atom. The second-order valence-electron chi connectivity index (χ2n) is 3.87. The van der Waals surface area contributed by atoms with E-state index in [-0.39, 0.29) is 12.0 Å². The Hall–Kier alpha value is -0.910. The van der Waals surface area contributed by atoms with Gasteiger partial charge >= 0.3 is 0 Å². The van der Waals surface area contributed by atoms with E-state index in [9.17, 15) is 8.42 Å². The Morgan fingerprint density at radius 3 is 2.62 bits per heavy atom. The molecule has 1 fully saturated rings. The zero-order chi connectivity index (χ0) is 11.6. The van der Waals surface area contributed by atoms with E-state index in [0.29, 0.717) is 13.0 Å². The highest BCUT2D eigenvalue weighted by molar-refractivity contribution is 7.89. The van der Waals surface area contributed by atoms with Gasteiger partial charge in [-0.25, -0.2) is 8.42 Å². The van der Waals surface area contributed by atoms with Crippen LogP contribution in [0.15, 0.2) is 30.3 Å². The minimum atomic E-state index is -3.07. The molecule has 1 heterocycles. The summed E-state index contributed by atoms with van der Waals surface area (Å²) in [5, 5.41) is 0. The third kappa shape index (κ3) is 2.42. The van der Waals surface area contributed by atoms with Crippen LogP contribution in [0.4, 0.5) is 0 Å². The van der Waals surface area contributed by atoms with E-state index in [2.05, 4.69) is 0 Å². The average molecular weight is 241 g/mol. The van der Waals surface area contributed by atoms with Gasteiger partial charge in [0.05, 0.1) is 12.4 Å². The fraction of sp³-hybridized carbons (Fsp3) is 0.455. The van der Waals surface area contributed by atoms with Crippen molar-refractivity contribution in [3.8, 4) is 0 Å². The third-order valence-electron chi connectivity index (χ3n) is 2.75. The fourth-order valence-electron chi connectivity index (χ4n) is 1.71. The van der Waals surface area contributed by atoms with E-state index in [4.69, 9.17) is 4.74 Å². The van der Waals surface area contributed by atoms with Crippen LogP contribution in [0.2, 0.25) is 0 Å². The first-order valence-electron chi connectivity index (χ1n) is 5.21. The lowest BCUT2D eigenvalue weighted by atomic mass is 10.2. The number of benzene rings is 1. The highest BCUT2D eigenvalue weighted by Crippen LogP contribution is 2.20. The van der Waals surface area contributed by atoms with Gasteiger partial charge in [-0.3, -0.25) is 0 Å². The largest absolute Gasteiger partial charge is 0.357 e. The summed E-state index contributed by atoms with van der Waals surface area (Å²) in [4.78, 5) is 0. The van der Waals surface area contributed by atoms with Crippen LogP contribution in [-0.4, -0.2) is 31.8 Å². The molecule has 1 aliphatic rings. The van der Waals surface area contributed by atoms with Crippen molar-refractivity contribution in [2.24, 2.45) is 0 Å². The normalized spacial score (nSPS) is 24.7. The highest BCUT2D eigenvalue weighted by atomic mass is 32.2. The molecule has 1 atom stereocenters. The Labute approximate surface area is 95.9 Å². The molecule has 1 aromatic carbocycles. The SMILES string of the molecule is CN1C(OCc2ccccc2)CCS1(=O)=O. The topological polar surface area (TPSA) is 46.6 Å². The van der Waals surface area contributed by atoms with E-state index in [1.54, 1.807) is 7.05 Å². The van der Waals surface area contributed by atoms with Crippen LogP contribution in [0.1, 0.15) is 12.0 Å². The van der Waals surface area contributed by atoms with Crippen molar-refractivity contribution < 1.29 is 13.2 Å². The van der Waals surface area contributed by atoms with Crippen molar-refractivity contribution in [2.75, 3.05) is 12.8 Å². The van der Waals surface area contributed by atoms with E-state index in [1.165, 1.54) is 4.31 Å². The smallest absolute Gasteiger partial charge is 0.216 e. The molecule has 1 aromatic rings. The first kappa shape index (κ1) is 11.6. The van der Waals surface area contributed by atoms with Gasteiger partial charge in [0.25, 0.3) is 0 Å². The fourth-order valence-corrected chi connectivity index (χ4v) is 3.02. The second kappa shape index (κ2) is 4.53. The van der Waals surface area contributed by atoms with Gasteiger partial charge in [0.2, 0.25) is 10.0 Å². The summed E-state index contributed by atoms with van der Waals surface area (Å²) in [6, 6.07) is 9.74. The molecule has 0 N–H and O–H groups in total. The van der Waals surface area contributed by atoms with Crippen LogP contribution >= 0.6 is 0 Å². The van der Waals surface area contributed by atoms with Gasteiger partial charge in [-0.1, -0.05) is 30.3 Å². The standard InChI is InChI=1S/C11H15NO3S/c1-12-11(7-8-16(12,13)14)15-9-10-5-3-2-4-6-10/h2-6,11H,7-9H2,1H3. The van der Waals surface area contributed by atoms with E-state index in [1.807, 2.05) is 30.3 Å². The lowest BCUT2D eigenvalue weighted by molar-refractivity contribution is -0.0134. The quantitative estimate of drug-likeness (QED) is 0.798. The number of nitrogens with zero attached hydrogens (tertiary/aromatic N) is 1. The first-order chi connectivity index (χ1) is 7.59. The maximum Gasteiger partial charge on any atom is 0.216 e. The Morgan fingerprint density at radius 2 is 2.06 bits per heavy atom. The van der Waals surface area contributed by atoms with E-state index >= 15 is 0 Å². The molecule has 16 heavy (non-hydrogen) atoms. The van der Waals surface area contributed by atoms with Crippen molar-refractivity contribution in [2.45, 2.75) is 19.3 Å². The third-order valence-corrected chi connectivity index (χ3v) is 4.62. The van der Waals surface area contributed by atoms with Crippen LogP contribution in [0.3, 0.4) is 0 Å². The lowest BCUT2D eigenvalue weighted by Crippen LogP contribution is -2.30. The predicted molar refractivity (Wildman–Crippen MR) is 61.2 cm³/mol. The Kier molecular flexibility index (Phi) is 3.28. The maximum atomic E-state index is 11.4. The van der Waals surface area contributed by atoms with Crippen LogP contribution in [-0.2, 0) is 21.4 Å². The molecule has 0 radical (unpaired) electrons. The minimum absolute atomic E-state index is 0.183. The second-order valence-corrected chi connectivity index (χ2v) is 6.02. The van der Waals surface area contributed by atoms with E-state index < -0.39 is 10.0 Å². The summed E-state index contributed by atoms with van der Waals surface area (Å²) in [5.41, 5.74) is 1.06. The summed E-state index contributed by atoms with van der Waals surface area (Å²) in [6.45, 7) is 0.450. The van der Waals surface area contributed by atoms with Gasteiger partial charge in [-0.2, -0.15) is 4.31 Å². The molecule has 0 aliphatic carbocycles. The predicted octanol–water partition coefficient (Wildman–Crippen LogP) is 1.19. The lowest BCUT2D eigenvalue weighted by Gasteiger charge is -2.18. The van der Waals surface area contributed by atoms with Gasteiger partial charge in [-0.05, 0) is 5.56 Å². The number of hydrogen-bond donors (Lipinski definition) is 0. The maximum absolute atomic E-state index is 11.4. The zero-order valence-corrected chi connectivity index (χ0v) is 9.98. The summed E-state index contributed by atoms with van der Waals surface area (Å²) in [6.07, 6.45) is 0.233. The molecular weight excluding hydrogens is 226 g/mol.